The van der Waals surface area contributed by atoms with Crippen LogP contribution >= 0.6 is 0 Å². The number of hydrogen-bond acceptors (Lipinski definition) is 4. The van der Waals surface area contributed by atoms with Crippen LogP contribution in [0.2, 0.25) is 0 Å². The summed E-state index contributed by atoms with van der Waals surface area (Å²) in [5.74, 6) is 0.855. The molecule has 1 saturated heterocycles. The SMILES string of the molecule is CCNC(=NCC1(CCO)CCCCC1)NCC1(OC)CCOCC1. The quantitative estimate of drug-likeness (QED) is 0.459. The minimum absolute atomic E-state index is 0.165. The zero-order chi connectivity index (χ0) is 18.0. The van der Waals surface area contributed by atoms with E-state index in [9.17, 15) is 5.11 Å². The molecule has 146 valence electrons. The molecule has 0 bridgehead atoms. The second kappa shape index (κ2) is 10.3. The van der Waals surface area contributed by atoms with Gasteiger partial charge in [0.15, 0.2) is 5.96 Å². The van der Waals surface area contributed by atoms with E-state index >= 15 is 0 Å². The number of guanidine groups is 1. The minimum Gasteiger partial charge on any atom is -0.396 e. The first-order valence-corrected chi connectivity index (χ1v) is 9.93. The number of rotatable bonds is 8. The Kier molecular flexibility index (Phi) is 8.46. The van der Waals surface area contributed by atoms with Crippen molar-refractivity contribution in [1.29, 1.82) is 0 Å². The van der Waals surface area contributed by atoms with Gasteiger partial charge in [-0.05, 0) is 31.6 Å². The van der Waals surface area contributed by atoms with E-state index in [0.717, 1.165) is 58.1 Å². The molecule has 1 aliphatic heterocycles. The first-order chi connectivity index (χ1) is 12.2. The van der Waals surface area contributed by atoms with Gasteiger partial charge in [-0.25, -0.2) is 0 Å². The van der Waals surface area contributed by atoms with Gasteiger partial charge in [0.1, 0.15) is 0 Å². The zero-order valence-electron chi connectivity index (χ0n) is 16.1. The molecule has 25 heavy (non-hydrogen) atoms. The fraction of sp³-hybridized carbons (Fsp3) is 0.947. The summed E-state index contributed by atoms with van der Waals surface area (Å²) >= 11 is 0. The standard InChI is InChI=1S/C19H37N3O3/c1-3-20-17(22-16-19(24-2)10-13-25-14-11-19)21-15-18(9-12-23)7-5-4-6-8-18/h23H,3-16H2,1-2H3,(H2,20,21,22). The smallest absolute Gasteiger partial charge is 0.191 e. The molecule has 2 aliphatic rings. The first-order valence-electron chi connectivity index (χ1n) is 9.93. The van der Waals surface area contributed by atoms with Crippen LogP contribution in [0.3, 0.4) is 0 Å². The van der Waals surface area contributed by atoms with Crippen molar-refractivity contribution in [3.63, 3.8) is 0 Å². The van der Waals surface area contributed by atoms with Gasteiger partial charge in [0.25, 0.3) is 0 Å². The van der Waals surface area contributed by atoms with E-state index in [1.165, 1.54) is 32.1 Å². The van der Waals surface area contributed by atoms with Crippen LogP contribution in [0.1, 0.15) is 58.3 Å². The van der Waals surface area contributed by atoms with Crippen molar-refractivity contribution in [1.82, 2.24) is 10.6 Å². The number of aliphatic hydroxyl groups is 1. The number of ether oxygens (including phenoxy) is 2. The number of aliphatic hydroxyl groups excluding tert-OH is 1. The topological polar surface area (TPSA) is 75.1 Å². The van der Waals surface area contributed by atoms with Gasteiger partial charge in [-0.15, -0.1) is 0 Å². The lowest BCUT2D eigenvalue weighted by molar-refractivity contribution is -0.0855. The van der Waals surface area contributed by atoms with Crippen LogP contribution in [-0.2, 0) is 9.47 Å². The molecular formula is C19H37N3O3. The Morgan fingerprint density at radius 2 is 1.84 bits per heavy atom. The summed E-state index contributed by atoms with van der Waals surface area (Å²) in [7, 11) is 1.79. The number of nitrogens with zero attached hydrogens (tertiary/aromatic N) is 1. The lowest BCUT2D eigenvalue weighted by Gasteiger charge is -2.37. The second-order valence-electron chi connectivity index (χ2n) is 7.58. The molecule has 2 rings (SSSR count). The third-order valence-corrected chi connectivity index (χ3v) is 5.89. The highest BCUT2D eigenvalue weighted by Gasteiger charge is 2.33. The maximum atomic E-state index is 9.48. The van der Waals surface area contributed by atoms with Crippen LogP contribution in [0.4, 0.5) is 0 Å². The van der Waals surface area contributed by atoms with Crippen molar-refractivity contribution in [2.45, 2.75) is 63.9 Å². The molecule has 0 amide bonds. The molecule has 0 aromatic rings. The van der Waals surface area contributed by atoms with Gasteiger partial charge in [0.2, 0.25) is 0 Å². The minimum atomic E-state index is -0.165. The number of methoxy groups -OCH3 is 1. The van der Waals surface area contributed by atoms with Crippen molar-refractivity contribution in [3.8, 4) is 0 Å². The summed E-state index contributed by atoms with van der Waals surface area (Å²) in [6, 6.07) is 0. The first kappa shape index (κ1) is 20.5. The Bertz CT molecular complexity index is 397. The average molecular weight is 356 g/mol. The molecular weight excluding hydrogens is 318 g/mol. The normalized spacial score (nSPS) is 23.2. The molecule has 0 aromatic heterocycles. The van der Waals surface area contributed by atoms with E-state index in [0.29, 0.717) is 0 Å². The van der Waals surface area contributed by atoms with E-state index in [1.807, 2.05) is 0 Å². The maximum absolute atomic E-state index is 9.48. The Balaban J connectivity index is 1.96. The summed E-state index contributed by atoms with van der Waals surface area (Å²) in [6.07, 6.45) is 8.85. The fourth-order valence-electron chi connectivity index (χ4n) is 4.06. The monoisotopic (exact) mass is 355 g/mol. The summed E-state index contributed by atoms with van der Waals surface area (Å²) in [6.45, 7) is 6.21. The van der Waals surface area contributed by atoms with E-state index in [4.69, 9.17) is 14.5 Å². The molecule has 2 fully saturated rings. The molecule has 6 heteroatoms. The van der Waals surface area contributed by atoms with Gasteiger partial charge in [0, 0.05) is 59.4 Å². The second-order valence-corrected chi connectivity index (χ2v) is 7.58. The Labute approximate surface area is 152 Å². The largest absolute Gasteiger partial charge is 0.396 e. The predicted octanol–water partition coefficient (Wildman–Crippen LogP) is 2.07. The maximum Gasteiger partial charge on any atom is 0.191 e. The van der Waals surface area contributed by atoms with Crippen molar-refractivity contribution < 1.29 is 14.6 Å². The number of nitrogens with one attached hydrogen (secondary N) is 2. The molecule has 0 spiro atoms. The van der Waals surface area contributed by atoms with Gasteiger partial charge >= 0.3 is 0 Å². The predicted molar refractivity (Wildman–Crippen MR) is 101 cm³/mol. The summed E-state index contributed by atoms with van der Waals surface area (Å²) in [5.41, 5.74) is 0.00897. The Morgan fingerprint density at radius 3 is 2.44 bits per heavy atom. The van der Waals surface area contributed by atoms with Gasteiger partial charge in [0.05, 0.1) is 5.60 Å². The van der Waals surface area contributed by atoms with Crippen LogP contribution < -0.4 is 10.6 Å². The average Bonchev–Trinajstić information content (AvgIpc) is 2.66. The molecule has 6 nitrogen and oxygen atoms in total. The summed E-state index contributed by atoms with van der Waals surface area (Å²) in [4.78, 5) is 4.87. The highest BCUT2D eigenvalue weighted by Crippen LogP contribution is 2.39. The summed E-state index contributed by atoms with van der Waals surface area (Å²) in [5, 5.41) is 16.3. The van der Waals surface area contributed by atoms with Crippen molar-refractivity contribution in [2.24, 2.45) is 10.4 Å². The van der Waals surface area contributed by atoms with Gasteiger partial charge < -0.3 is 25.2 Å². The third-order valence-electron chi connectivity index (χ3n) is 5.89. The molecule has 1 aliphatic carbocycles. The van der Waals surface area contributed by atoms with Crippen LogP contribution in [0, 0.1) is 5.41 Å². The molecule has 1 saturated carbocycles. The van der Waals surface area contributed by atoms with Crippen LogP contribution in [0.25, 0.3) is 0 Å². The Morgan fingerprint density at radius 1 is 1.12 bits per heavy atom. The van der Waals surface area contributed by atoms with E-state index in [-0.39, 0.29) is 17.6 Å². The number of aliphatic imine (C=N–C) groups is 1. The van der Waals surface area contributed by atoms with Crippen LogP contribution in [0.15, 0.2) is 4.99 Å². The summed E-state index contributed by atoms with van der Waals surface area (Å²) < 4.78 is 11.3. The van der Waals surface area contributed by atoms with Crippen LogP contribution in [0.5, 0.6) is 0 Å². The van der Waals surface area contributed by atoms with Gasteiger partial charge in [-0.2, -0.15) is 0 Å². The lowest BCUT2D eigenvalue weighted by Crippen LogP contribution is -2.51. The highest BCUT2D eigenvalue weighted by molar-refractivity contribution is 5.79. The molecule has 3 N–H and O–H groups in total. The molecule has 0 atom stereocenters. The van der Waals surface area contributed by atoms with E-state index in [1.54, 1.807) is 7.11 Å². The third kappa shape index (κ3) is 6.12. The van der Waals surface area contributed by atoms with E-state index in [2.05, 4.69) is 17.6 Å². The van der Waals surface area contributed by atoms with Crippen molar-refractivity contribution in [3.05, 3.63) is 0 Å². The number of hydrogen-bond donors (Lipinski definition) is 3. The van der Waals surface area contributed by atoms with E-state index < -0.39 is 0 Å². The molecule has 1 heterocycles. The highest BCUT2D eigenvalue weighted by atomic mass is 16.5. The van der Waals surface area contributed by atoms with Crippen LogP contribution in [-0.4, -0.2) is 63.2 Å². The molecule has 0 unspecified atom stereocenters. The van der Waals surface area contributed by atoms with Gasteiger partial charge in [-0.1, -0.05) is 19.3 Å². The molecule has 0 radical (unpaired) electrons. The van der Waals surface area contributed by atoms with Crippen molar-refractivity contribution >= 4 is 5.96 Å². The Hall–Kier alpha value is -0.850. The molecule has 0 aromatic carbocycles. The fourth-order valence-corrected chi connectivity index (χ4v) is 4.06. The van der Waals surface area contributed by atoms with Gasteiger partial charge in [-0.3, -0.25) is 4.99 Å². The van der Waals surface area contributed by atoms with Crippen molar-refractivity contribution in [2.75, 3.05) is 46.6 Å². The lowest BCUT2D eigenvalue weighted by atomic mass is 9.72. The zero-order valence-corrected chi connectivity index (χ0v) is 16.1.